The molecule has 6 nitrogen and oxygen atoms in total. The van der Waals surface area contributed by atoms with Gasteiger partial charge < -0.3 is 10.5 Å². The van der Waals surface area contributed by atoms with E-state index >= 15 is 0 Å². The fourth-order valence-electron chi connectivity index (χ4n) is 1.60. The molecule has 0 aliphatic carbocycles. The van der Waals surface area contributed by atoms with Crippen LogP contribution >= 0.6 is 0 Å². The number of hydrogen-bond acceptors (Lipinski definition) is 5. The largest absolute Gasteiger partial charge is 0.446 e. The number of nitrogens with two attached hydrogens (primary N) is 1. The van der Waals surface area contributed by atoms with Crippen molar-refractivity contribution in [3.8, 4) is 17.9 Å². The molecule has 6 heteroatoms. The normalized spacial score (nSPS) is 10.9. The first kappa shape index (κ1) is 14.2. The summed E-state index contributed by atoms with van der Waals surface area (Å²) in [6, 6.07) is 7.03. The van der Waals surface area contributed by atoms with Crippen LogP contribution in [0.25, 0.3) is 0 Å². The summed E-state index contributed by atoms with van der Waals surface area (Å²) < 4.78 is 5.13. The maximum atomic E-state index is 11.7. The monoisotopic (exact) mass is 280 g/mol. The number of carbonyl (C=O) groups is 1. The number of nitrogen functional groups attached to an aromatic ring is 1. The number of nitrogens with zero attached hydrogens (tertiary/aromatic N) is 2. The average Bonchev–Trinajstić information content (AvgIpc) is 2.99. The number of nitrogens with one attached hydrogen (secondary N) is 1. The Morgan fingerprint density at radius 1 is 1.52 bits per heavy atom. The number of carbonyl (C=O) groups excluding carboxylic acids is 1. The van der Waals surface area contributed by atoms with E-state index < -0.39 is 12.1 Å². The molecule has 21 heavy (non-hydrogen) atoms. The molecule has 0 saturated heterocycles. The van der Waals surface area contributed by atoms with Crippen molar-refractivity contribution < 1.29 is 9.53 Å². The Balaban J connectivity index is 2.11. The molecule has 2 aromatic rings. The van der Waals surface area contributed by atoms with Crippen LogP contribution in [0, 0.1) is 23.2 Å². The number of hydrogen-bond donors (Lipinski definition) is 2. The number of nitriles is 1. The molecule has 0 aliphatic rings. The Hall–Kier alpha value is -3.25. The molecule has 1 aromatic heterocycles. The van der Waals surface area contributed by atoms with Gasteiger partial charge in [0.15, 0.2) is 6.10 Å². The van der Waals surface area contributed by atoms with Gasteiger partial charge >= 0.3 is 5.97 Å². The Kier molecular flexibility index (Phi) is 4.23. The van der Waals surface area contributed by atoms with Gasteiger partial charge in [0.2, 0.25) is 0 Å². The second kappa shape index (κ2) is 6.27. The molecule has 0 saturated carbocycles. The molecule has 2 rings (SSSR count). The summed E-state index contributed by atoms with van der Waals surface area (Å²) in [7, 11) is 0. The lowest BCUT2D eigenvalue weighted by Gasteiger charge is -2.05. The van der Waals surface area contributed by atoms with Gasteiger partial charge in [0, 0.05) is 11.8 Å². The minimum Gasteiger partial charge on any atom is -0.446 e. The molecule has 0 bridgehead atoms. The maximum absolute atomic E-state index is 11.7. The minimum atomic E-state index is -0.625. The van der Waals surface area contributed by atoms with E-state index in [0.717, 1.165) is 0 Å². The quantitative estimate of drug-likeness (QED) is 0.492. The standard InChI is InChI=1S/C15H12N4O2/c1-10(21-15(20)12-8-18-19-9-12)5-6-11-3-2-4-14(17)13(11)7-16/h2-4,8-10H,17H2,1H3,(H,18,19). The molecule has 0 fully saturated rings. The van der Waals surface area contributed by atoms with Crippen LogP contribution in [0.5, 0.6) is 0 Å². The van der Waals surface area contributed by atoms with Crippen molar-refractivity contribution in [2.75, 3.05) is 5.73 Å². The summed E-state index contributed by atoms with van der Waals surface area (Å²) in [6.07, 6.45) is 2.18. The van der Waals surface area contributed by atoms with E-state index in [4.69, 9.17) is 15.7 Å². The van der Waals surface area contributed by atoms with E-state index in [1.54, 1.807) is 25.1 Å². The number of H-pyrrole nitrogens is 1. The highest BCUT2D eigenvalue weighted by atomic mass is 16.5. The van der Waals surface area contributed by atoms with E-state index in [1.807, 2.05) is 6.07 Å². The first-order chi connectivity index (χ1) is 10.1. The van der Waals surface area contributed by atoms with Crippen LogP contribution in [-0.2, 0) is 4.74 Å². The van der Waals surface area contributed by atoms with Crippen LogP contribution in [0.1, 0.15) is 28.4 Å². The van der Waals surface area contributed by atoms with Crippen LogP contribution < -0.4 is 5.73 Å². The fraction of sp³-hybridized carbons (Fsp3) is 0.133. The number of rotatable bonds is 2. The number of ether oxygens (including phenoxy) is 1. The van der Waals surface area contributed by atoms with Crippen LogP contribution in [0.4, 0.5) is 5.69 Å². The van der Waals surface area contributed by atoms with E-state index in [9.17, 15) is 4.79 Å². The number of benzene rings is 1. The lowest BCUT2D eigenvalue weighted by molar-refractivity contribution is 0.0438. The third-order valence-electron chi connectivity index (χ3n) is 2.64. The highest BCUT2D eigenvalue weighted by Crippen LogP contribution is 2.14. The van der Waals surface area contributed by atoms with Gasteiger partial charge in [-0.05, 0) is 19.1 Å². The molecule has 3 N–H and O–H groups in total. The Bertz CT molecular complexity index is 748. The van der Waals surface area contributed by atoms with Gasteiger partial charge in [-0.15, -0.1) is 0 Å². The predicted octanol–water partition coefficient (Wildman–Crippen LogP) is 1.46. The van der Waals surface area contributed by atoms with Gasteiger partial charge in [0.05, 0.1) is 23.0 Å². The summed E-state index contributed by atoms with van der Waals surface area (Å²) in [4.78, 5) is 11.7. The second-order valence-corrected chi connectivity index (χ2v) is 4.19. The smallest absolute Gasteiger partial charge is 0.342 e. The topological polar surface area (TPSA) is 105 Å². The van der Waals surface area contributed by atoms with Crippen molar-refractivity contribution in [3.05, 3.63) is 47.3 Å². The Morgan fingerprint density at radius 2 is 2.33 bits per heavy atom. The molecule has 0 spiro atoms. The maximum Gasteiger partial charge on any atom is 0.342 e. The SMILES string of the molecule is CC(C#Cc1cccc(N)c1C#N)OC(=O)c1cn[nH]c1. The van der Waals surface area contributed by atoms with Gasteiger partial charge in [-0.1, -0.05) is 17.9 Å². The van der Waals surface area contributed by atoms with Gasteiger partial charge in [-0.2, -0.15) is 10.4 Å². The van der Waals surface area contributed by atoms with Gasteiger partial charge in [-0.25, -0.2) is 4.79 Å². The Morgan fingerprint density at radius 3 is 3.00 bits per heavy atom. The minimum absolute atomic E-state index is 0.318. The molecular weight excluding hydrogens is 268 g/mol. The second-order valence-electron chi connectivity index (χ2n) is 4.19. The molecule has 1 aromatic carbocycles. The third-order valence-corrected chi connectivity index (χ3v) is 2.64. The van der Waals surface area contributed by atoms with Crippen LogP contribution in [0.3, 0.4) is 0 Å². The molecule has 0 amide bonds. The molecule has 104 valence electrons. The summed E-state index contributed by atoms with van der Waals surface area (Å²) in [5.74, 6) is 5.05. The first-order valence-electron chi connectivity index (χ1n) is 6.11. The zero-order valence-electron chi connectivity index (χ0n) is 11.3. The molecule has 1 unspecified atom stereocenters. The number of anilines is 1. The van der Waals surface area contributed by atoms with Crippen molar-refractivity contribution in [2.24, 2.45) is 0 Å². The zero-order chi connectivity index (χ0) is 15.2. The summed E-state index contributed by atoms with van der Waals surface area (Å²) >= 11 is 0. The van der Waals surface area contributed by atoms with Crippen LogP contribution in [0.2, 0.25) is 0 Å². The molecule has 1 heterocycles. The number of aromatic amines is 1. The molecule has 0 radical (unpaired) electrons. The van der Waals surface area contributed by atoms with E-state index in [1.165, 1.54) is 12.4 Å². The van der Waals surface area contributed by atoms with E-state index in [0.29, 0.717) is 22.4 Å². The fourth-order valence-corrected chi connectivity index (χ4v) is 1.60. The van der Waals surface area contributed by atoms with Gasteiger partial charge in [-0.3, -0.25) is 5.10 Å². The van der Waals surface area contributed by atoms with E-state index in [-0.39, 0.29) is 0 Å². The van der Waals surface area contributed by atoms with Crippen LogP contribution in [-0.4, -0.2) is 22.3 Å². The van der Waals surface area contributed by atoms with Crippen molar-refractivity contribution in [1.29, 1.82) is 5.26 Å². The number of aromatic nitrogens is 2. The molecule has 1 atom stereocenters. The lowest BCUT2D eigenvalue weighted by atomic mass is 10.1. The van der Waals surface area contributed by atoms with E-state index in [2.05, 4.69) is 22.0 Å². The molecule has 0 aliphatic heterocycles. The summed E-state index contributed by atoms with van der Waals surface area (Å²) in [5, 5.41) is 15.2. The molecular formula is C15H12N4O2. The highest BCUT2D eigenvalue weighted by molar-refractivity contribution is 5.88. The Labute approximate surface area is 121 Å². The van der Waals surface area contributed by atoms with Crippen molar-refractivity contribution in [3.63, 3.8) is 0 Å². The highest BCUT2D eigenvalue weighted by Gasteiger charge is 2.11. The van der Waals surface area contributed by atoms with Crippen molar-refractivity contribution in [1.82, 2.24) is 10.2 Å². The summed E-state index contributed by atoms with van der Waals surface area (Å²) in [6.45, 7) is 1.64. The first-order valence-corrected chi connectivity index (χ1v) is 6.11. The lowest BCUT2D eigenvalue weighted by Crippen LogP contribution is -2.12. The van der Waals surface area contributed by atoms with Crippen LogP contribution in [0.15, 0.2) is 30.6 Å². The van der Waals surface area contributed by atoms with Gasteiger partial charge in [0.1, 0.15) is 6.07 Å². The average molecular weight is 280 g/mol. The summed E-state index contributed by atoms with van der Waals surface area (Å²) in [5.41, 5.74) is 7.21. The van der Waals surface area contributed by atoms with Crippen molar-refractivity contribution in [2.45, 2.75) is 13.0 Å². The predicted molar refractivity (Wildman–Crippen MR) is 75.9 cm³/mol. The zero-order valence-corrected chi connectivity index (χ0v) is 11.3. The third kappa shape index (κ3) is 3.40. The number of esters is 1. The van der Waals surface area contributed by atoms with Gasteiger partial charge in [0.25, 0.3) is 0 Å². The van der Waals surface area contributed by atoms with Crippen molar-refractivity contribution >= 4 is 11.7 Å².